The molecular weight excluding hydrogens is 437 g/mol. The van der Waals surface area contributed by atoms with Crippen LogP contribution in [0.3, 0.4) is 0 Å². The molecule has 0 bridgehead atoms. The third-order valence-electron chi connectivity index (χ3n) is 5.21. The molecule has 0 radical (unpaired) electrons. The van der Waals surface area contributed by atoms with Crippen LogP contribution >= 0.6 is 7.60 Å². The van der Waals surface area contributed by atoms with Gasteiger partial charge in [0.15, 0.2) is 0 Å². The topological polar surface area (TPSA) is 108 Å². The van der Waals surface area contributed by atoms with E-state index in [0.29, 0.717) is 37.2 Å². The molecule has 0 aliphatic heterocycles. The molecule has 0 aliphatic rings. The summed E-state index contributed by atoms with van der Waals surface area (Å²) in [6.07, 6.45) is 4.33. The SMILES string of the molecule is CC(C)CC/C(=C/c1nnc(-c2ccc(CNCCCP(=O)(O)O)cc2)o1)c1ccccc1. The van der Waals surface area contributed by atoms with E-state index in [1.54, 1.807) is 0 Å². The van der Waals surface area contributed by atoms with Crippen LogP contribution in [0.4, 0.5) is 0 Å². The van der Waals surface area contributed by atoms with Gasteiger partial charge in [-0.3, -0.25) is 4.57 Å². The lowest BCUT2D eigenvalue weighted by Crippen LogP contribution is -2.15. The lowest BCUT2D eigenvalue weighted by Gasteiger charge is -2.09. The van der Waals surface area contributed by atoms with Gasteiger partial charge in [-0.05, 0) is 60.6 Å². The van der Waals surface area contributed by atoms with Crippen LogP contribution in [0.25, 0.3) is 23.1 Å². The molecule has 1 heterocycles. The van der Waals surface area contributed by atoms with Crippen LogP contribution in [0.1, 0.15) is 50.1 Å². The Balaban J connectivity index is 1.63. The summed E-state index contributed by atoms with van der Waals surface area (Å²) in [5.41, 5.74) is 4.25. The highest BCUT2D eigenvalue weighted by atomic mass is 31.2. The van der Waals surface area contributed by atoms with Gasteiger partial charge in [-0.25, -0.2) is 0 Å². The molecule has 1 aromatic heterocycles. The quantitative estimate of drug-likeness (QED) is 0.242. The van der Waals surface area contributed by atoms with Crippen LogP contribution in [-0.4, -0.2) is 32.7 Å². The fourth-order valence-corrected chi connectivity index (χ4v) is 3.93. The summed E-state index contributed by atoms with van der Waals surface area (Å²) < 4.78 is 16.8. The summed E-state index contributed by atoms with van der Waals surface area (Å²) in [6.45, 7) is 5.60. The van der Waals surface area contributed by atoms with Gasteiger partial charge >= 0.3 is 7.60 Å². The van der Waals surface area contributed by atoms with Gasteiger partial charge in [0.1, 0.15) is 0 Å². The Kier molecular flexibility index (Phi) is 9.15. The van der Waals surface area contributed by atoms with Gasteiger partial charge in [0, 0.05) is 18.2 Å². The van der Waals surface area contributed by atoms with Crippen LogP contribution < -0.4 is 5.32 Å². The molecule has 0 aliphatic carbocycles. The molecule has 176 valence electrons. The summed E-state index contributed by atoms with van der Waals surface area (Å²) in [5, 5.41) is 11.6. The van der Waals surface area contributed by atoms with Crippen molar-refractivity contribution in [2.75, 3.05) is 12.7 Å². The Labute approximate surface area is 195 Å². The Morgan fingerprint density at radius 1 is 1.09 bits per heavy atom. The highest BCUT2D eigenvalue weighted by molar-refractivity contribution is 7.51. The standard InChI is InChI=1S/C25H32N3O4P/c1-19(2)9-12-23(21-7-4-3-5-8-21)17-24-27-28-25(32-24)22-13-10-20(11-14-22)18-26-15-6-16-33(29,30)31/h3-5,7-8,10-11,13-14,17,19,26H,6,9,12,15-16,18H2,1-2H3,(H2,29,30,31)/b23-17-. The molecule has 3 N–H and O–H groups in total. The zero-order valence-corrected chi connectivity index (χ0v) is 20.0. The van der Waals surface area contributed by atoms with Gasteiger partial charge in [-0.2, -0.15) is 0 Å². The third-order valence-corrected chi connectivity index (χ3v) is 6.11. The molecule has 33 heavy (non-hydrogen) atoms. The van der Waals surface area contributed by atoms with Crippen molar-refractivity contribution in [1.82, 2.24) is 15.5 Å². The number of nitrogens with one attached hydrogen (secondary N) is 1. The largest absolute Gasteiger partial charge is 0.417 e. The second-order valence-corrected chi connectivity index (χ2v) is 10.3. The second-order valence-electron chi connectivity index (χ2n) is 8.53. The molecule has 0 saturated heterocycles. The van der Waals surface area contributed by atoms with Gasteiger partial charge in [0.05, 0.1) is 6.16 Å². The van der Waals surface area contributed by atoms with E-state index in [1.807, 2.05) is 48.5 Å². The molecule has 2 aromatic carbocycles. The molecule has 0 spiro atoms. The lowest BCUT2D eigenvalue weighted by molar-refractivity contribution is 0.371. The summed E-state index contributed by atoms with van der Waals surface area (Å²) in [5.74, 6) is 1.57. The molecule has 3 rings (SSSR count). The molecule has 0 saturated carbocycles. The van der Waals surface area contributed by atoms with Crippen molar-refractivity contribution >= 4 is 19.2 Å². The van der Waals surface area contributed by atoms with Gasteiger partial charge in [0.2, 0.25) is 11.8 Å². The van der Waals surface area contributed by atoms with Crippen molar-refractivity contribution in [1.29, 1.82) is 0 Å². The molecule has 0 fully saturated rings. The highest BCUT2D eigenvalue weighted by Crippen LogP contribution is 2.34. The number of nitrogens with zero attached hydrogens (tertiary/aromatic N) is 2. The molecule has 0 atom stereocenters. The first-order chi connectivity index (χ1) is 15.8. The average molecular weight is 470 g/mol. The maximum absolute atomic E-state index is 10.9. The second kappa shape index (κ2) is 12.1. The summed E-state index contributed by atoms with van der Waals surface area (Å²) in [6, 6.07) is 18.1. The predicted octanol–water partition coefficient (Wildman–Crippen LogP) is 5.37. The van der Waals surface area contributed by atoms with Gasteiger partial charge in [-0.15, -0.1) is 10.2 Å². The Morgan fingerprint density at radius 2 is 1.82 bits per heavy atom. The average Bonchev–Trinajstić information content (AvgIpc) is 3.25. The molecular formula is C25H32N3O4P. The van der Waals surface area contributed by atoms with Crippen LogP contribution in [0.5, 0.6) is 0 Å². The van der Waals surface area contributed by atoms with E-state index in [9.17, 15) is 4.57 Å². The fraction of sp³-hybridized carbons (Fsp3) is 0.360. The van der Waals surface area contributed by atoms with Crippen molar-refractivity contribution in [3.63, 3.8) is 0 Å². The summed E-state index contributed by atoms with van der Waals surface area (Å²) in [7, 11) is -3.92. The molecule has 3 aromatic rings. The van der Waals surface area contributed by atoms with E-state index >= 15 is 0 Å². The van der Waals surface area contributed by atoms with Crippen LogP contribution in [0.15, 0.2) is 59.0 Å². The lowest BCUT2D eigenvalue weighted by atomic mass is 9.97. The highest BCUT2D eigenvalue weighted by Gasteiger charge is 2.12. The van der Waals surface area contributed by atoms with Crippen molar-refractivity contribution in [2.45, 2.75) is 39.7 Å². The Hall–Kier alpha value is -2.57. The van der Waals surface area contributed by atoms with Gasteiger partial charge < -0.3 is 19.5 Å². The van der Waals surface area contributed by atoms with E-state index in [1.165, 1.54) is 5.57 Å². The monoisotopic (exact) mass is 469 g/mol. The Morgan fingerprint density at radius 3 is 2.48 bits per heavy atom. The maximum atomic E-state index is 10.9. The minimum atomic E-state index is -3.92. The number of aromatic nitrogens is 2. The normalized spacial score (nSPS) is 12.5. The number of rotatable bonds is 12. The van der Waals surface area contributed by atoms with Crippen LogP contribution in [0, 0.1) is 5.92 Å². The van der Waals surface area contributed by atoms with Crippen molar-refractivity contribution < 1.29 is 18.8 Å². The molecule has 0 amide bonds. The number of hydrogen-bond acceptors (Lipinski definition) is 5. The van der Waals surface area contributed by atoms with E-state index < -0.39 is 7.60 Å². The molecule has 8 heteroatoms. The molecule has 7 nitrogen and oxygen atoms in total. The zero-order chi connectivity index (χ0) is 23.7. The summed E-state index contributed by atoms with van der Waals surface area (Å²) >= 11 is 0. The first kappa shape index (κ1) is 25.1. The fourth-order valence-electron chi connectivity index (χ4n) is 3.36. The molecule has 0 unspecified atom stereocenters. The minimum Gasteiger partial charge on any atom is -0.417 e. The number of allylic oxidation sites excluding steroid dienone is 1. The Bertz CT molecular complexity index is 1070. The van der Waals surface area contributed by atoms with E-state index in [0.717, 1.165) is 29.5 Å². The maximum Gasteiger partial charge on any atom is 0.325 e. The third kappa shape index (κ3) is 8.71. The van der Waals surface area contributed by atoms with E-state index in [2.05, 4.69) is 41.5 Å². The van der Waals surface area contributed by atoms with E-state index in [4.69, 9.17) is 14.2 Å². The number of hydrogen-bond donors (Lipinski definition) is 3. The first-order valence-corrected chi connectivity index (χ1v) is 13.0. The first-order valence-electron chi connectivity index (χ1n) is 11.2. The van der Waals surface area contributed by atoms with Crippen molar-refractivity contribution in [3.8, 4) is 11.5 Å². The minimum absolute atomic E-state index is 0.101. The number of benzene rings is 2. The summed E-state index contributed by atoms with van der Waals surface area (Å²) in [4.78, 5) is 17.8. The van der Waals surface area contributed by atoms with Crippen LogP contribution in [-0.2, 0) is 11.1 Å². The smallest absolute Gasteiger partial charge is 0.325 e. The zero-order valence-electron chi connectivity index (χ0n) is 19.1. The van der Waals surface area contributed by atoms with E-state index in [-0.39, 0.29) is 6.16 Å². The van der Waals surface area contributed by atoms with Gasteiger partial charge in [-0.1, -0.05) is 56.3 Å². The van der Waals surface area contributed by atoms with Gasteiger partial charge in [0.25, 0.3) is 0 Å². The van der Waals surface area contributed by atoms with Crippen molar-refractivity contribution in [3.05, 3.63) is 71.6 Å². The van der Waals surface area contributed by atoms with Crippen molar-refractivity contribution in [2.24, 2.45) is 5.92 Å². The van der Waals surface area contributed by atoms with Crippen LogP contribution in [0.2, 0.25) is 0 Å². The predicted molar refractivity (Wildman–Crippen MR) is 131 cm³/mol.